The Hall–Kier alpha value is -1.43. The van der Waals surface area contributed by atoms with Crippen LogP contribution >= 0.6 is 0 Å². The van der Waals surface area contributed by atoms with Crippen LogP contribution < -0.4 is 5.32 Å². The van der Waals surface area contributed by atoms with Gasteiger partial charge in [-0.25, -0.2) is 0 Å². The molecule has 1 saturated heterocycles. The number of Topliss-reactive ketones (excluding diaryl/α,β-unsaturated/α-hetero) is 1. The molecule has 0 spiro atoms. The predicted octanol–water partition coefficient (Wildman–Crippen LogP) is -0.754. The summed E-state index contributed by atoms with van der Waals surface area (Å²) in [5, 5.41) is 2.75. The second-order valence-corrected chi connectivity index (χ2v) is 4.49. The summed E-state index contributed by atoms with van der Waals surface area (Å²) in [5.41, 5.74) is 0. The van der Waals surface area contributed by atoms with Gasteiger partial charge in [-0.15, -0.1) is 0 Å². The summed E-state index contributed by atoms with van der Waals surface area (Å²) in [4.78, 5) is 37.6. The van der Waals surface area contributed by atoms with Gasteiger partial charge < -0.3 is 10.2 Å². The number of hydrogen-bond acceptors (Lipinski definition) is 4. The van der Waals surface area contributed by atoms with Gasteiger partial charge in [0.2, 0.25) is 11.8 Å². The third kappa shape index (κ3) is 4.83. The van der Waals surface area contributed by atoms with E-state index < -0.39 is 0 Å². The van der Waals surface area contributed by atoms with E-state index in [9.17, 15) is 14.4 Å². The predicted molar refractivity (Wildman–Crippen MR) is 67.0 cm³/mol. The number of ketones is 1. The van der Waals surface area contributed by atoms with Crippen molar-refractivity contribution in [3.05, 3.63) is 0 Å². The number of hydrogen-bond donors (Lipinski definition) is 1. The highest BCUT2D eigenvalue weighted by atomic mass is 16.2. The number of carbonyl (C=O) groups excluding carboxylic acids is 3. The molecule has 102 valence electrons. The van der Waals surface area contributed by atoms with E-state index in [1.165, 1.54) is 6.92 Å². The minimum Gasteiger partial charge on any atom is -0.355 e. The molecule has 6 nitrogen and oxygen atoms in total. The number of likely N-dealkylation sites (N-methyl/N-ethyl adjacent to an activating group) is 1. The fourth-order valence-corrected chi connectivity index (χ4v) is 1.94. The quantitative estimate of drug-likeness (QED) is 0.656. The van der Waals surface area contributed by atoms with Crippen molar-refractivity contribution in [3.8, 4) is 0 Å². The third-order valence-corrected chi connectivity index (χ3v) is 2.87. The molecule has 1 rings (SSSR count). The summed E-state index contributed by atoms with van der Waals surface area (Å²) in [7, 11) is 0. The maximum atomic E-state index is 11.6. The molecule has 0 aromatic carbocycles. The minimum atomic E-state index is -0.111. The first-order valence-electron chi connectivity index (χ1n) is 6.29. The number of piperazine rings is 1. The lowest BCUT2D eigenvalue weighted by atomic mass is 10.2. The summed E-state index contributed by atoms with van der Waals surface area (Å²) in [6.45, 7) is 6.86. The minimum absolute atomic E-state index is 0.0148. The number of carbonyl (C=O) groups is 3. The molecule has 1 N–H and O–H groups in total. The molecule has 0 bridgehead atoms. The SMILES string of the molecule is CCNC(=O)CN1CCN(C(=O)CC(C)=O)CC1. The van der Waals surface area contributed by atoms with E-state index in [2.05, 4.69) is 5.32 Å². The van der Waals surface area contributed by atoms with Crippen LogP contribution in [0.5, 0.6) is 0 Å². The zero-order valence-electron chi connectivity index (χ0n) is 11.1. The largest absolute Gasteiger partial charge is 0.355 e. The van der Waals surface area contributed by atoms with Gasteiger partial charge in [0.1, 0.15) is 5.78 Å². The van der Waals surface area contributed by atoms with E-state index in [0.717, 1.165) is 0 Å². The summed E-state index contributed by atoms with van der Waals surface area (Å²) >= 11 is 0. The number of amides is 2. The van der Waals surface area contributed by atoms with Crippen LogP contribution in [-0.2, 0) is 14.4 Å². The molecule has 6 heteroatoms. The molecule has 0 aromatic heterocycles. The molecule has 0 atom stereocenters. The molecule has 1 aliphatic rings. The topological polar surface area (TPSA) is 69.7 Å². The van der Waals surface area contributed by atoms with E-state index in [4.69, 9.17) is 0 Å². The first-order valence-corrected chi connectivity index (χ1v) is 6.29. The molecule has 0 unspecified atom stereocenters. The molecule has 0 aliphatic carbocycles. The van der Waals surface area contributed by atoms with Crippen LogP contribution in [0.15, 0.2) is 0 Å². The highest BCUT2D eigenvalue weighted by molar-refractivity contribution is 5.96. The van der Waals surface area contributed by atoms with Crippen LogP contribution in [0.4, 0.5) is 0 Å². The average Bonchev–Trinajstić information content (AvgIpc) is 2.29. The lowest BCUT2D eigenvalue weighted by molar-refractivity contribution is -0.136. The van der Waals surface area contributed by atoms with Gasteiger partial charge in [0.15, 0.2) is 0 Å². The van der Waals surface area contributed by atoms with E-state index in [1.807, 2.05) is 11.8 Å². The Kier molecular flexibility index (Phi) is 5.77. The maximum absolute atomic E-state index is 11.6. The van der Waals surface area contributed by atoms with E-state index in [-0.39, 0.29) is 24.0 Å². The normalized spacial score (nSPS) is 16.4. The molecular formula is C12H21N3O3. The molecule has 1 heterocycles. The highest BCUT2D eigenvalue weighted by Crippen LogP contribution is 2.03. The van der Waals surface area contributed by atoms with Crippen molar-refractivity contribution in [2.24, 2.45) is 0 Å². The van der Waals surface area contributed by atoms with Crippen molar-refractivity contribution >= 4 is 17.6 Å². The third-order valence-electron chi connectivity index (χ3n) is 2.87. The van der Waals surface area contributed by atoms with Gasteiger partial charge in [0.25, 0.3) is 0 Å². The lowest BCUT2D eigenvalue weighted by Gasteiger charge is -2.34. The number of nitrogens with one attached hydrogen (secondary N) is 1. The Bertz CT molecular complexity index is 323. The van der Waals surface area contributed by atoms with Crippen molar-refractivity contribution in [3.63, 3.8) is 0 Å². The first kappa shape index (κ1) is 14.6. The Morgan fingerprint density at radius 3 is 2.22 bits per heavy atom. The van der Waals surface area contributed by atoms with E-state index in [0.29, 0.717) is 39.3 Å². The second-order valence-electron chi connectivity index (χ2n) is 4.49. The number of rotatable bonds is 5. The monoisotopic (exact) mass is 255 g/mol. The van der Waals surface area contributed by atoms with Crippen molar-refractivity contribution in [1.29, 1.82) is 0 Å². The van der Waals surface area contributed by atoms with Crippen LogP contribution in [0.25, 0.3) is 0 Å². The Morgan fingerprint density at radius 2 is 1.72 bits per heavy atom. The summed E-state index contributed by atoms with van der Waals surface area (Å²) < 4.78 is 0. The Labute approximate surface area is 107 Å². The summed E-state index contributed by atoms with van der Waals surface area (Å²) in [5.74, 6) is -0.203. The van der Waals surface area contributed by atoms with Crippen molar-refractivity contribution in [1.82, 2.24) is 15.1 Å². The van der Waals surface area contributed by atoms with Gasteiger partial charge in [-0.3, -0.25) is 19.3 Å². The van der Waals surface area contributed by atoms with Gasteiger partial charge >= 0.3 is 0 Å². The van der Waals surface area contributed by atoms with Gasteiger partial charge in [0, 0.05) is 32.7 Å². The van der Waals surface area contributed by atoms with Crippen LogP contribution in [0.1, 0.15) is 20.3 Å². The van der Waals surface area contributed by atoms with E-state index >= 15 is 0 Å². The smallest absolute Gasteiger partial charge is 0.234 e. The molecule has 2 amide bonds. The van der Waals surface area contributed by atoms with Crippen LogP contribution in [0.3, 0.4) is 0 Å². The first-order chi connectivity index (χ1) is 8.52. The van der Waals surface area contributed by atoms with Crippen LogP contribution in [-0.4, -0.2) is 66.7 Å². The zero-order valence-corrected chi connectivity index (χ0v) is 11.1. The molecule has 18 heavy (non-hydrogen) atoms. The molecule has 0 aromatic rings. The Balaban J connectivity index is 2.30. The molecule has 1 fully saturated rings. The second kappa shape index (κ2) is 7.10. The average molecular weight is 255 g/mol. The zero-order chi connectivity index (χ0) is 13.5. The van der Waals surface area contributed by atoms with E-state index in [1.54, 1.807) is 4.90 Å². The van der Waals surface area contributed by atoms with Crippen molar-refractivity contribution in [2.45, 2.75) is 20.3 Å². The molecule has 0 radical (unpaired) electrons. The molecular weight excluding hydrogens is 234 g/mol. The van der Waals surface area contributed by atoms with Crippen LogP contribution in [0, 0.1) is 0 Å². The van der Waals surface area contributed by atoms with Gasteiger partial charge in [-0.2, -0.15) is 0 Å². The van der Waals surface area contributed by atoms with Gasteiger partial charge in [0.05, 0.1) is 13.0 Å². The Morgan fingerprint density at radius 1 is 1.11 bits per heavy atom. The summed E-state index contributed by atoms with van der Waals surface area (Å²) in [6.07, 6.45) is -0.0175. The fraction of sp³-hybridized carbons (Fsp3) is 0.750. The van der Waals surface area contributed by atoms with Crippen molar-refractivity contribution in [2.75, 3.05) is 39.3 Å². The fourth-order valence-electron chi connectivity index (χ4n) is 1.94. The number of nitrogens with zero attached hydrogens (tertiary/aromatic N) is 2. The van der Waals surface area contributed by atoms with Crippen molar-refractivity contribution < 1.29 is 14.4 Å². The molecule has 1 aliphatic heterocycles. The van der Waals surface area contributed by atoms with Gasteiger partial charge in [-0.05, 0) is 13.8 Å². The van der Waals surface area contributed by atoms with Crippen LogP contribution in [0.2, 0.25) is 0 Å². The molecule has 0 saturated carbocycles. The standard InChI is InChI=1S/C12H21N3O3/c1-3-13-11(17)9-14-4-6-15(7-5-14)12(18)8-10(2)16/h3-9H2,1-2H3,(H,13,17). The highest BCUT2D eigenvalue weighted by Gasteiger charge is 2.22. The lowest BCUT2D eigenvalue weighted by Crippen LogP contribution is -2.51. The summed E-state index contributed by atoms with van der Waals surface area (Å²) in [6, 6.07) is 0. The van der Waals surface area contributed by atoms with Gasteiger partial charge in [-0.1, -0.05) is 0 Å². The maximum Gasteiger partial charge on any atom is 0.234 e.